The van der Waals surface area contributed by atoms with Crippen molar-refractivity contribution in [3.05, 3.63) is 0 Å². The maximum Gasteiger partial charge on any atom is 0.129 e. The Hall–Kier alpha value is -0.0800. The van der Waals surface area contributed by atoms with Crippen LogP contribution in [0.4, 0.5) is 0 Å². The van der Waals surface area contributed by atoms with Gasteiger partial charge in [0, 0.05) is 23.7 Å². The largest absolute Gasteiger partial charge is 0.307 e. The molecule has 0 amide bonds. The molecule has 190 valence electrons. The smallest absolute Gasteiger partial charge is 0.129 e. The van der Waals surface area contributed by atoms with Gasteiger partial charge in [-0.3, -0.25) is 0 Å². The summed E-state index contributed by atoms with van der Waals surface area (Å²) in [5.41, 5.74) is 0. The average Bonchev–Trinajstić information content (AvgIpc) is 3.44. The highest BCUT2D eigenvalue weighted by molar-refractivity contribution is 5.04. The van der Waals surface area contributed by atoms with Gasteiger partial charge < -0.3 is 8.97 Å². The van der Waals surface area contributed by atoms with Crippen LogP contribution in [-0.4, -0.2) is 60.3 Å². The number of hydrogen-bond donors (Lipinski definition) is 0. The topological polar surface area (TPSA) is 0 Å². The lowest BCUT2D eigenvalue weighted by molar-refractivity contribution is -1.10. The van der Waals surface area contributed by atoms with Gasteiger partial charge in [-0.05, 0) is 75.0 Å². The highest BCUT2D eigenvalue weighted by Crippen LogP contribution is 2.61. The molecule has 8 unspecified atom stereocenters. The Kier molecular flexibility index (Phi) is 5.30. The Balaban J connectivity index is 1.08. The fourth-order valence-corrected chi connectivity index (χ4v) is 13.6. The quantitative estimate of drug-likeness (QED) is 0.400. The van der Waals surface area contributed by atoms with E-state index >= 15 is 0 Å². The van der Waals surface area contributed by atoms with Gasteiger partial charge >= 0.3 is 0 Å². The maximum atomic E-state index is 1.62. The van der Waals surface area contributed by atoms with Gasteiger partial charge in [-0.25, -0.2) is 0 Å². The van der Waals surface area contributed by atoms with Gasteiger partial charge in [-0.15, -0.1) is 0 Å². The first-order valence-electron chi connectivity index (χ1n) is 16.5. The summed E-state index contributed by atoms with van der Waals surface area (Å²) in [6.45, 7) is 9.51. The van der Waals surface area contributed by atoms with Crippen LogP contribution < -0.4 is 0 Å². The summed E-state index contributed by atoms with van der Waals surface area (Å²) in [6, 6.07) is 2.18. The second kappa shape index (κ2) is 8.21. The summed E-state index contributed by atoms with van der Waals surface area (Å²) < 4.78 is 3.24. The van der Waals surface area contributed by atoms with E-state index in [1.807, 2.05) is 0 Å². The Labute approximate surface area is 210 Å². The standard InChI is InChI=1S/C32H54N2/c1-5-13-27-23(9-1)24-10-2-6-14-28(24)31(27)33-17-20-34(21-18-33,22-19-33)32-29-15-7-3-11-25(29)26-12-4-8-16-30(26)32/h23-32H,1-22H2/q+2. The van der Waals surface area contributed by atoms with Crippen LogP contribution in [0.25, 0.3) is 0 Å². The van der Waals surface area contributed by atoms with Crippen LogP contribution in [0.15, 0.2) is 0 Å². The van der Waals surface area contributed by atoms with E-state index in [2.05, 4.69) is 0 Å². The molecule has 2 nitrogen and oxygen atoms in total. The van der Waals surface area contributed by atoms with Crippen molar-refractivity contribution in [3.8, 4) is 0 Å². The second-order valence-electron chi connectivity index (χ2n) is 15.2. The van der Waals surface area contributed by atoms with Crippen molar-refractivity contribution in [2.24, 2.45) is 47.3 Å². The number of nitrogens with zero attached hydrogens (tertiary/aromatic N) is 2. The highest BCUT2D eigenvalue weighted by Gasteiger charge is 2.67. The molecule has 3 heterocycles. The molecule has 9 fully saturated rings. The predicted octanol–water partition coefficient (Wildman–Crippen LogP) is 6.64. The van der Waals surface area contributed by atoms with Crippen LogP contribution in [-0.2, 0) is 0 Å². The SMILES string of the molecule is C1CCC2C(C1)C1CCCCC1C2[N+]12CC[N+](C3C4CCCCC4C4CCCCC43)(CC1)CC2. The molecule has 0 aromatic heterocycles. The molecule has 8 atom stereocenters. The number of piperazine rings is 3. The van der Waals surface area contributed by atoms with Gasteiger partial charge in [0.05, 0.1) is 12.1 Å². The van der Waals surface area contributed by atoms with Gasteiger partial charge in [0.2, 0.25) is 0 Å². The Morgan fingerprint density at radius 3 is 0.706 bits per heavy atom. The number of quaternary nitrogens is 2. The summed E-state index contributed by atoms with van der Waals surface area (Å²) in [5, 5.41) is 0. The molecule has 0 aromatic carbocycles. The van der Waals surface area contributed by atoms with Gasteiger partial charge in [0.1, 0.15) is 39.3 Å². The van der Waals surface area contributed by atoms with E-state index < -0.39 is 0 Å². The minimum absolute atomic E-state index is 1.09. The van der Waals surface area contributed by atoms with Crippen LogP contribution in [0.5, 0.6) is 0 Å². The highest BCUT2D eigenvalue weighted by atomic mass is 15.6. The van der Waals surface area contributed by atoms with E-state index in [4.69, 9.17) is 0 Å². The van der Waals surface area contributed by atoms with Gasteiger partial charge in [-0.2, -0.15) is 0 Å². The molecule has 3 saturated heterocycles. The minimum Gasteiger partial charge on any atom is -0.307 e. The first kappa shape index (κ1) is 22.0. The molecule has 9 aliphatic rings. The molecular weight excluding hydrogens is 412 g/mol. The van der Waals surface area contributed by atoms with Crippen LogP contribution in [0, 0.1) is 47.3 Å². The Morgan fingerprint density at radius 1 is 0.265 bits per heavy atom. The van der Waals surface area contributed by atoms with E-state index in [0.717, 1.165) is 59.4 Å². The molecule has 3 aliphatic heterocycles. The molecule has 0 radical (unpaired) electrons. The van der Waals surface area contributed by atoms with Gasteiger partial charge in [-0.1, -0.05) is 51.4 Å². The number of rotatable bonds is 2. The molecule has 0 spiro atoms. The van der Waals surface area contributed by atoms with E-state index in [1.54, 1.807) is 151 Å². The lowest BCUT2D eigenvalue weighted by Gasteiger charge is -2.63. The molecule has 0 aromatic rings. The molecule has 6 saturated carbocycles. The predicted molar refractivity (Wildman–Crippen MR) is 139 cm³/mol. The van der Waals surface area contributed by atoms with E-state index in [-0.39, 0.29) is 0 Å². The third-order valence-corrected chi connectivity index (χ3v) is 14.6. The van der Waals surface area contributed by atoms with Crippen molar-refractivity contribution < 1.29 is 8.97 Å². The second-order valence-corrected chi connectivity index (χ2v) is 15.2. The van der Waals surface area contributed by atoms with Gasteiger partial charge in [0.25, 0.3) is 0 Å². The van der Waals surface area contributed by atoms with Crippen LogP contribution in [0.3, 0.4) is 0 Å². The molecule has 2 heteroatoms. The molecule has 2 bridgehead atoms. The van der Waals surface area contributed by atoms with Crippen LogP contribution >= 0.6 is 0 Å². The fourth-order valence-electron chi connectivity index (χ4n) is 13.6. The Bertz CT molecular complexity index is 642. The Morgan fingerprint density at radius 2 is 0.471 bits per heavy atom. The van der Waals surface area contributed by atoms with Crippen molar-refractivity contribution in [3.63, 3.8) is 0 Å². The van der Waals surface area contributed by atoms with Gasteiger partial charge in [0.15, 0.2) is 0 Å². The summed E-state index contributed by atoms with van der Waals surface area (Å²) in [7, 11) is 0. The number of hydrogen-bond acceptors (Lipinski definition) is 0. The maximum absolute atomic E-state index is 1.62. The summed E-state index contributed by atoms with van der Waals surface area (Å²) in [4.78, 5) is 0. The lowest BCUT2D eigenvalue weighted by Crippen LogP contribution is -2.81. The van der Waals surface area contributed by atoms with E-state index in [0.29, 0.717) is 0 Å². The summed E-state index contributed by atoms with van der Waals surface area (Å²) in [5.74, 6) is 9.05. The van der Waals surface area contributed by atoms with Crippen LogP contribution in [0.2, 0.25) is 0 Å². The molecule has 9 rings (SSSR count). The van der Waals surface area contributed by atoms with Crippen molar-refractivity contribution in [1.82, 2.24) is 0 Å². The minimum atomic E-state index is 1.09. The zero-order chi connectivity index (χ0) is 22.3. The lowest BCUT2D eigenvalue weighted by atomic mass is 9.73. The summed E-state index contributed by atoms with van der Waals surface area (Å²) in [6.07, 6.45) is 25.4. The molecule has 6 aliphatic carbocycles. The average molecular weight is 467 g/mol. The third kappa shape index (κ3) is 3.00. The van der Waals surface area contributed by atoms with Crippen molar-refractivity contribution in [2.75, 3.05) is 39.3 Å². The zero-order valence-corrected chi connectivity index (χ0v) is 22.2. The van der Waals surface area contributed by atoms with Crippen molar-refractivity contribution in [2.45, 2.75) is 115 Å². The molecule has 0 N–H and O–H groups in total. The summed E-state index contributed by atoms with van der Waals surface area (Å²) >= 11 is 0. The zero-order valence-electron chi connectivity index (χ0n) is 22.2. The van der Waals surface area contributed by atoms with E-state index in [9.17, 15) is 0 Å². The first-order valence-corrected chi connectivity index (χ1v) is 16.5. The van der Waals surface area contributed by atoms with Crippen molar-refractivity contribution in [1.29, 1.82) is 0 Å². The third-order valence-electron chi connectivity index (χ3n) is 14.6. The molecular formula is C32H54N2+2. The van der Waals surface area contributed by atoms with Crippen molar-refractivity contribution >= 4 is 0 Å². The van der Waals surface area contributed by atoms with Crippen LogP contribution in [0.1, 0.15) is 103 Å². The fraction of sp³-hybridized carbons (Fsp3) is 1.00. The monoisotopic (exact) mass is 466 g/mol. The number of fused-ring (bicyclic) bond motifs is 9. The normalized spacial score (nSPS) is 58.6. The molecule has 34 heavy (non-hydrogen) atoms. The van der Waals surface area contributed by atoms with E-state index in [1.165, 1.54) is 0 Å². The first-order chi connectivity index (χ1) is 16.8.